The van der Waals surface area contributed by atoms with Crippen molar-refractivity contribution in [3.05, 3.63) is 0 Å². The van der Waals surface area contributed by atoms with Crippen molar-refractivity contribution in [1.29, 1.82) is 0 Å². The third-order valence-corrected chi connectivity index (χ3v) is 2.31. The van der Waals surface area contributed by atoms with Gasteiger partial charge < -0.3 is 9.47 Å². The van der Waals surface area contributed by atoms with Gasteiger partial charge in [0.25, 0.3) is 0 Å². The molecule has 0 atom stereocenters. The zero-order chi connectivity index (χ0) is 12.8. The molecule has 0 saturated heterocycles. The number of carbonyl (C=O) groups excluding carboxylic acids is 3. The molecular weight excluding hydrogens is 228 g/mol. The first kappa shape index (κ1) is 13.1. The molecule has 17 heavy (non-hydrogen) atoms. The van der Waals surface area contributed by atoms with Gasteiger partial charge in [0.1, 0.15) is 5.71 Å². The van der Waals surface area contributed by atoms with Crippen molar-refractivity contribution in [3.8, 4) is 0 Å². The molecule has 0 N–H and O–H groups in total. The molecule has 7 heteroatoms. The van der Waals surface area contributed by atoms with Crippen LogP contribution in [0.1, 0.15) is 25.7 Å². The maximum Gasteiger partial charge on any atom is 0.440 e. The highest BCUT2D eigenvalue weighted by Gasteiger charge is 2.26. The van der Waals surface area contributed by atoms with E-state index in [1.807, 2.05) is 0 Å². The van der Waals surface area contributed by atoms with Crippen molar-refractivity contribution in [2.45, 2.75) is 25.7 Å². The number of rotatable bonds is 1. The molecule has 1 aliphatic carbocycles. The van der Waals surface area contributed by atoms with Gasteiger partial charge in [-0.15, -0.1) is 0 Å². The molecule has 7 nitrogen and oxygen atoms in total. The average molecular weight is 242 g/mol. The van der Waals surface area contributed by atoms with Gasteiger partial charge in [-0.1, -0.05) is 5.01 Å². The zero-order valence-electron chi connectivity index (χ0n) is 9.76. The van der Waals surface area contributed by atoms with Crippen LogP contribution in [0.3, 0.4) is 0 Å². The maximum absolute atomic E-state index is 11.5. The molecule has 1 rings (SSSR count). The number of carbonyl (C=O) groups is 3. The van der Waals surface area contributed by atoms with Crippen LogP contribution in [0.25, 0.3) is 0 Å². The molecule has 0 radical (unpaired) electrons. The van der Waals surface area contributed by atoms with Crippen LogP contribution in [-0.4, -0.2) is 42.9 Å². The quantitative estimate of drug-likeness (QED) is 0.647. The summed E-state index contributed by atoms with van der Waals surface area (Å²) in [5.41, 5.74) is 0.201. The molecule has 94 valence electrons. The molecule has 0 unspecified atom stereocenters. The first-order valence-corrected chi connectivity index (χ1v) is 5.17. The molecule has 0 heterocycles. The Kier molecular flexibility index (Phi) is 4.62. The maximum atomic E-state index is 11.5. The Balaban J connectivity index is 2.90. The number of hydrogen-bond acceptors (Lipinski definition) is 6. The van der Waals surface area contributed by atoms with Gasteiger partial charge in [-0.05, 0) is 19.3 Å². The summed E-state index contributed by atoms with van der Waals surface area (Å²) in [5, 5.41) is 4.12. The highest BCUT2D eigenvalue weighted by atomic mass is 16.6. The van der Waals surface area contributed by atoms with Crippen molar-refractivity contribution in [3.63, 3.8) is 0 Å². The largest absolute Gasteiger partial charge is 0.451 e. The Labute approximate surface area is 98.4 Å². The SMILES string of the molecule is COC(=O)N(/N=C1\CCCCC1=O)C(=O)OC. The summed E-state index contributed by atoms with van der Waals surface area (Å²) in [6, 6.07) is 0. The predicted molar refractivity (Wildman–Crippen MR) is 57.6 cm³/mol. The minimum atomic E-state index is -0.984. The molecule has 0 bridgehead atoms. The fourth-order valence-electron chi connectivity index (χ4n) is 1.42. The number of hydrazone groups is 1. The van der Waals surface area contributed by atoms with Crippen LogP contribution in [0.4, 0.5) is 9.59 Å². The van der Waals surface area contributed by atoms with E-state index in [2.05, 4.69) is 14.6 Å². The topological polar surface area (TPSA) is 85.3 Å². The number of methoxy groups -OCH3 is 2. The molecule has 0 aliphatic heterocycles. The third kappa shape index (κ3) is 3.27. The van der Waals surface area contributed by atoms with Gasteiger partial charge in [0.15, 0.2) is 5.78 Å². The number of nitrogens with zero attached hydrogens (tertiary/aromatic N) is 2. The van der Waals surface area contributed by atoms with Crippen molar-refractivity contribution in [2.24, 2.45) is 5.10 Å². The van der Waals surface area contributed by atoms with E-state index in [0.29, 0.717) is 17.9 Å². The summed E-state index contributed by atoms with van der Waals surface area (Å²) < 4.78 is 8.76. The van der Waals surface area contributed by atoms with Gasteiger partial charge in [0.05, 0.1) is 14.2 Å². The van der Waals surface area contributed by atoms with Crippen LogP contribution in [0, 0.1) is 0 Å². The highest BCUT2D eigenvalue weighted by molar-refractivity contribution is 6.40. The van der Waals surface area contributed by atoms with Gasteiger partial charge in [-0.3, -0.25) is 4.79 Å². The van der Waals surface area contributed by atoms with E-state index in [9.17, 15) is 14.4 Å². The molecule has 0 spiro atoms. The average Bonchev–Trinajstić information content (AvgIpc) is 2.36. The standard InChI is InChI=1S/C10H14N2O5/c1-16-9(14)12(10(15)17-2)11-7-5-3-4-6-8(7)13/h3-6H2,1-2H3/b11-7+. The number of ether oxygens (including phenoxy) is 2. The summed E-state index contributed by atoms with van der Waals surface area (Å²) in [7, 11) is 2.22. The molecule has 2 amide bonds. The van der Waals surface area contributed by atoms with Gasteiger partial charge >= 0.3 is 12.2 Å². The van der Waals surface area contributed by atoms with Crippen LogP contribution in [0.5, 0.6) is 0 Å². The van der Waals surface area contributed by atoms with E-state index >= 15 is 0 Å². The van der Waals surface area contributed by atoms with Gasteiger partial charge in [0, 0.05) is 6.42 Å². The number of ketones is 1. The summed E-state index contributed by atoms with van der Waals surface area (Å²) >= 11 is 0. The van der Waals surface area contributed by atoms with E-state index in [0.717, 1.165) is 27.1 Å². The van der Waals surface area contributed by atoms with E-state index in [1.165, 1.54) is 0 Å². The Hall–Kier alpha value is -1.92. The Morgan fingerprint density at radius 2 is 1.65 bits per heavy atom. The van der Waals surface area contributed by atoms with Crippen LogP contribution in [0.15, 0.2) is 5.10 Å². The molecule has 1 fully saturated rings. The summed E-state index contributed by atoms with van der Waals surface area (Å²) in [6.45, 7) is 0. The first-order valence-electron chi connectivity index (χ1n) is 5.17. The van der Waals surface area contributed by atoms with Crippen molar-refractivity contribution < 1.29 is 23.9 Å². The van der Waals surface area contributed by atoms with Crippen molar-refractivity contribution in [2.75, 3.05) is 14.2 Å². The van der Waals surface area contributed by atoms with Crippen molar-refractivity contribution in [1.82, 2.24) is 5.01 Å². The zero-order valence-corrected chi connectivity index (χ0v) is 9.76. The van der Waals surface area contributed by atoms with Gasteiger partial charge in [-0.25, -0.2) is 9.59 Å². The number of hydrogen-bond donors (Lipinski definition) is 0. The Bertz CT molecular complexity index is 348. The fourth-order valence-corrected chi connectivity index (χ4v) is 1.42. The van der Waals surface area contributed by atoms with Crippen molar-refractivity contribution >= 4 is 23.7 Å². The molecule has 1 aliphatic rings. The van der Waals surface area contributed by atoms with E-state index in [1.54, 1.807) is 0 Å². The number of amides is 2. The van der Waals surface area contributed by atoms with Gasteiger partial charge in [-0.2, -0.15) is 5.10 Å². The lowest BCUT2D eigenvalue weighted by atomic mass is 9.97. The monoisotopic (exact) mass is 242 g/mol. The molecular formula is C10H14N2O5. The minimum Gasteiger partial charge on any atom is -0.451 e. The summed E-state index contributed by atoms with van der Waals surface area (Å²) in [6.07, 6.45) is 0.471. The van der Waals surface area contributed by atoms with E-state index < -0.39 is 12.2 Å². The Morgan fingerprint density at radius 3 is 2.12 bits per heavy atom. The molecule has 1 saturated carbocycles. The molecule has 0 aromatic rings. The second-order valence-corrected chi connectivity index (χ2v) is 3.43. The summed E-state index contributed by atoms with van der Waals surface area (Å²) in [4.78, 5) is 34.0. The lowest BCUT2D eigenvalue weighted by molar-refractivity contribution is -0.113. The van der Waals surface area contributed by atoms with Crippen LogP contribution in [-0.2, 0) is 14.3 Å². The smallest absolute Gasteiger partial charge is 0.440 e. The number of imide groups is 1. The van der Waals surface area contributed by atoms with E-state index in [4.69, 9.17) is 0 Å². The van der Waals surface area contributed by atoms with E-state index in [-0.39, 0.29) is 11.5 Å². The van der Waals surface area contributed by atoms with Crippen LogP contribution < -0.4 is 0 Å². The summed E-state index contributed by atoms with van der Waals surface area (Å²) in [5.74, 6) is -0.158. The second kappa shape index (κ2) is 5.97. The van der Waals surface area contributed by atoms with Crippen LogP contribution in [0.2, 0.25) is 0 Å². The lowest BCUT2D eigenvalue weighted by Gasteiger charge is -2.16. The third-order valence-electron chi connectivity index (χ3n) is 2.31. The predicted octanol–water partition coefficient (Wildman–Crippen LogP) is 1.32. The highest BCUT2D eigenvalue weighted by Crippen LogP contribution is 2.13. The minimum absolute atomic E-state index is 0.158. The molecule has 0 aromatic carbocycles. The second-order valence-electron chi connectivity index (χ2n) is 3.43. The Morgan fingerprint density at radius 1 is 1.12 bits per heavy atom. The lowest BCUT2D eigenvalue weighted by Crippen LogP contribution is -2.35. The first-order chi connectivity index (χ1) is 8.10. The van der Waals surface area contributed by atoms with Gasteiger partial charge in [0.2, 0.25) is 0 Å². The normalized spacial score (nSPS) is 17.8. The van der Waals surface area contributed by atoms with Crippen LogP contribution >= 0.6 is 0 Å². The number of Topliss-reactive ketones (excluding diaryl/α,β-unsaturated/α-hetero) is 1. The molecule has 0 aromatic heterocycles. The fraction of sp³-hybridized carbons (Fsp3) is 0.600.